The predicted octanol–water partition coefficient (Wildman–Crippen LogP) is 3.18. The van der Waals surface area contributed by atoms with E-state index in [2.05, 4.69) is 17.6 Å². The molecule has 0 aliphatic rings. The van der Waals surface area contributed by atoms with Crippen molar-refractivity contribution in [1.82, 2.24) is 0 Å². The van der Waals surface area contributed by atoms with Crippen molar-refractivity contribution in [2.24, 2.45) is 0 Å². The van der Waals surface area contributed by atoms with Gasteiger partial charge in [-0.3, -0.25) is 9.50 Å². The number of nitrogens with one attached hydrogen (secondary N) is 1. The minimum atomic E-state index is -3.60. The first kappa shape index (κ1) is 19.0. The van der Waals surface area contributed by atoms with Crippen LogP contribution in [0.3, 0.4) is 0 Å². The summed E-state index contributed by atoms with van der Waals surface area (Å²) in [4.78, 5) is 11.9. The molecule has 0 saturated heterocycles. The van der Waals surface area contributed by atoms with Crippen molar-refractivity contribution in [1.29, 1.82) is 0 Å². The largest absolute Gasteiger partial charge is 0.444 e. The molecular weight excluding hydrogens is 318 g/mol. The van der Waals surface area contributed by atoms with Gasteiger partial charge in [-0.05, 0) is 26.8 Å². The van der Waals surface area contributed by atoms with Gasteiger partial charge in [0.2, 0.25) is 0 Å². The average molecular weight is 339 g/mol. The number of hydrogen-bond donors (Lipinski definition) is 1. The molecule has 1 N–H and O–H groups in total. The molecule has 126 valence electrons. The molecule has 23 heavy (non-hydrogen) atoms. The molecule has 1 amide bonds. The molecule has 0 radical (unpaired) electrons. The van der Waals surface area contributed by atoms with Gasteiger partial charge in [0.15, 0.2) is 0 Å². The molecule has 1 rings (SSSR count). The molecule has 0 unspecified atom stereocenters. The lowest BCUT2D eigenvalue weighted by Crippen LogP contribution is -2.27. The number of benzene rings is 1. The van der Waals surface area contributed by atoms with E-state index in [4.69, 9.17) is 8.92 Å². The van der Waals surface area contributed by atoms with Crippen molar-refractivity contribution >= 4 is 27.5 Å². The summed E-state index contributed by atoms with van der Waals surface area (Å²) in [5.41, 5.74) is 3.42. The van der Waals surface area contributed by atoms with Crippen LogP contribution in [0, 0.1) is 0 Å². The highest BCUT2D eigenvalue weighted by Gasteiger charge is 2.18. The van der Waals surface area contributed by atoms with Crippen LogP contribution in [0.2, 0.25) is 0 Å². The molecule has 0 saturated carbocycles. The van der Waals surface area contributed by atoms with Gasteiger partial charge in [-0.15, -0.1) is 5.73 Å². The average Bonchev–Trinajstić information content (AvgIpc) is 2.37. The lowest BCUT2D eigenvalue weighted by atomic mass is 10.1. The fraction of sp³-hybridized carbons (Fsp3) is 0.375. The maximum Gasteiger partial charge on any atom is 0.412 e. The second-order valence-corrected chi connectivity index (χ2v) is 7.44. The van der Waals surface area contributed by atoms with Crippen molar-refractivity contribution in [2.75, 3.05) is 18.2 Å². The third-order valence-electron chi connectivity index (χ3n) is 2.52. The number of carbonyl (C=O) groups is 1. The van der Waals surface area contributed by atoms with Crippen LogP contribution in [-0.4, -0.2) is 33.0 Å². The fourth-order valence-corrected chi connectivity index (χ4v) is 1.99. The first-order chi connectivity index (χ1) is 10.5. The Kier molecular flexibility index (Phi) is 6.15. The molecule has 0 heterocycles. The summed E-state index contributed by atoms with van der Waals surface area (Å²) in [7, 11) is -3.60. The van der Waals surface area contributed by atoms with E-state index in [1.807, 2.05) is 0 Å². The first-order valence-electron chi connectivity index (χ1n) is 6.84. The summed E-state index contributed by atoms with van der Waals surface area (Å²) in [6, 6.07) is 6.84. The van der Waals surface area contributed by atoms with Gasteiger partial charge in [-0.2, -0.15) is 8.42 Å². The zero-order valence-corrected chi connectivity index (χ0v) is 14.5. The summed E-state index contributed by atoms with van der Waals surface area (Å²) in [5.74, 6) is 0. The summed E-state index contributed by atoms with van der Waals surface area (Å²) in [6.45, 7) is 8.58. The highest BCUT2D eigenvalue weighted by molar-refractivity contribution is 7.86. The topological polar surface area (TPSA) is 81.7 Å². The van der Waals surface area contributed by atoms with Crippen molar-refractivity contribution in [3.63, 3.8) is 0 Å². The molecule has 0 aliphatic heterocycles. The van der Waals surface area contributed by atoms with Gasteiger partial charge in [-0.25, -0.2) is 4.79 Å². The number of amides is 1. The zero-order chi connectivity index (χ0) is 17.7. The van der Waals surface area contributed by atoms with E-state index in [9.17, 15) is 13.2 Å². The maximum absolute atomic E-state index is 11.9. The Balaban J connectivity index is 3.00. The maximum atomic E-state index is 11.9. The third-order valence-corrected chi connectivity index (χ3v) is 3.06. The molecule has 0 atom stereocenters. The van der Waals surface area contributed by atoms with E-state index < -0.39 is 21.8 Å². The minimum Gasteiger partial charge on any atom is -0.444 e. The molecule has 0 spiro atoms. The number of rotatable bonds is 5. The SMILES string of the molecule is C=C=C(COS(C)(=O)=O)c1ccccc1NC(=O)OC(C)(C)C. The molecule has 0 bridgehead atoms. The van der Waals surface area contributed by atoms with E-state index in [1.54, 1.807) is 45.0 Å². The number of para-hydroxylation sites is 1. The van der Waals surface area contributed by atoms with Gasteiger partial charge in [0.05, 0.1) is 18.6 Å². The van der Waals surface area contributed by atoms with Gasteiger partial charge in [0.1, 0.15) is 5.60 Å². The minimum absolute atomic E-state index is 0.227. The predicted molar refractivity (Wildman–Crippen MR) is 89.6 cm³/mol. The Morgan fingerprint density at radius 3 is 2.43 bits per heavy atom. The second kappa shape index (κ2) is 7.46. The molecule has 0 aromatic heterocycles. The number of ether oxygens (including phenoxy) is 1. The molecule has 0 aliphatic carbocycles. The lowest BCUT2D eigenvalue weighted by Gasteiger charge is -2.20. The van der Waals surface area contributed by atoms with E-state index in [0.717, 1.165) is 6.26 Å². The van der Waals surface area contributed by atoms with Crippen molar-refractivity contribution in [3.8, 4) is 0 Å². The van der Waals surface area contributed by atoms with Gasteiger partial charge in [0, 0.05) is 11.1 Å². The third kappa shape index (κ3) is 7.15. The van der Waals surface area contributed by atoms with E-state index in [1.165, 1.54) is 0 Å². The summed E-state index contributed by atoms with van der Waals surface area (Å²) >= 11 is 0. The lowest BCUT2D eigenvalue weighted by molar-refractivity contribution is 0.0636. The molecule has 1 aromatic rings. The quantitative estimate of drug-likeness (QED) is 0.658. The Morgan fingerprint density at radius 1 is 1.30 bits per heavy atom. The molecular formula is C16H21NO5S. The van der Waals surface area contributed by atoms with Crippen molar-refractivity contribution in [2.45, 2.75) is 26.4 Å². The van der Waals surface area contributed by atoms with Crippen LogP contribution in [0.15, 0.2) is 36.6 Å². The smallest absolute Gasteiger partial charge is 0.412 e. The number of carbonyl (C=O) groups excluding carboxylic acids is 1. The Hall–Kier alpha value is -2.08. The normalized spacial score (nSPS) is 11.5. The van der Waals surface area contributed by atoms with E-state index in [-0.39, 0.29) is 6.61 Å². The second-order valence-electron chi connectivity index (χ2n) is 5.79. The molecule has 6 nitrogen and oxygen atoms in total. The van der Waals surface area contributed by atoms with Crippen LogP contribution in [0.1, 0.15) is 26.3 Å². The zero-order valence-electron chi connectivity index (χ0n) is 13.7. The van der Waals surface area contributed by atoms with Crippen LogP contribution in [-0.2, 0) is 19.0 Å². The van der Waals surface area contributed by atoms with Crippen LogP contribution >= 0.6 is 0 Å². The van der Waals surface area contributed by atoms with Crippen LogP contribution in [0.25, 0.3) is 5.57 Å². The Bertz CT molecular complexity index is 725. The van der Waals surface area contributed by atoms with Crippen LogP contribution in [0.5, 0.6) is 0 Å². The van der Waals surface area contributed by atoms with E-state index in [0.29, 0.717) is 16.8 Å². The van der Waals surface area contributed by atoms with Gasteiger partial charge >= 0.3 is 6.09 Å². The summed E-state index contributed by atoms with van der Waals surface area (Å²) < 4.78 is 32.2. The highest BCUT2D eigenvalue weighted by Crippen LogP contribution is 2.24. The summed E-state index contributed by atoms with van der Waals surface area (Å²) in [5, 5.41) is 2.62. The number of hydrogen-bond acceptors (Lipinski definition) is 5. The van der Waals surface area contributed by atoms with Crippen molar-refractivity contribution in [3.05, 3.63) is 42.1 Å². The van der Waals surface area contributed by atoms with Gasteiger partial charge in [0.25, 0.3) is 10.1 Å². The van der Waals surface area contributed by atoms with Gasteiger partial charge in [-0.1, -0.05) is 24.8 Å². The van der Waals surface area contributed by atoms with Crippen LogP contribution < -0.4 is 5.32 Å². The van der Waals surface area contributed by atoms with E-state index >= 15 is 0 Å². The molecule has 7 heteroatoms. The van der Waals surface area contributed by atoms with Crippen molar-refractivity contribution < 1.29 is 22.1 Å². The standard InChI is InChI=1S/C16H21NO5S/c1-6-12(11-21-23(5,19)20)13-9-7-8-10-14(13)17-15(18)22-16(2,3)4/h7-10H,1,11H2,2-5H3,(H,17,18). The fourth-order valence-electron chi connectivity index (χ4n) is 1.66. The Morgan fingerprint density at radius 2 is 1.91 bits per heavy atom. The summed E-state index contributed by atoms with van der Waals surface area (Å²) in [6.07, 6.45) is 0.343. The highest BCUT2D eigenvalue weighted by atomic mass is 32.2. The first-order valence-corrected chi connectivity index (χ1v) is 8.66. The van der Waals surface area contributed by atoms with Gasteiger partial charge < -0.3 is 4.74 Å². The Labute approximate surface area is 136 Å². The molecule has 1 aromatic carbocycles. The molecule has 0 fully saturated rings. The monoisotopic (exact) mass is 339 g/mol. The van der Waals surface area contributed by atoms with Crippen LogP contribution in [0.4, 0.5) is 10.5 Å². The number of anilines is 1.